The highest BCUT2D eigenvalue weighted by molar-refractivity contribution is 7.90. The van der Waals surface area contributed by atoms with Crippen LogP contribution in [0.25, 0.3) is 0 Å². The van der Waals surface area contributed by atoms with E-state index >= 15 is 0 Å². The lowest BCUT2D eigenvalue weighted by atomic mass is 10.2. The van der Waals surface area contributed by atoms with Gasteiger partial charge in [0.2, 0.25) is 10.0 Å². The zero-order chi connectivity index (χ0) is 12.9. The van der Waals surface area contributed by atoms with Crippen molar-refractivity contribution in [3.05, 3.63) is 0 Å². The molecule has 2 unspecified atom stereocenters. The topological polar surface area (TPSA) is 75.3 Å². The Labute approximate surface area is 106 Å². The molecule has 0 amide bonds. The Morgan fingerprint density at radius 3 is 2.53 bits per heavy atom. The van der Waals surface area contributed by atoms with E-state index in [1.54, 1.807) is 6.26 Å². The molecule has 5 nitrogen and oxygen atoms in total. The van der Waals surface area contributed by atoms with Crippen molar-refractivity contribution in [1.82, 2.24) is 10.0 Å². The zero-order valence-corrected chi connectivity index (χ0v) is 12.1. The molecular formula is C10H22N2O3S2. The lowest BCUT2D eigenvalue weighted by molar-refractivity contribution is 0.489. The first-order valence-electron chi connectivity index (χ1n) is 5.95. The van der Waals surface area contributed by atoms with Gasteiger partial charge in [-0.3, -0.25) is 4.21 Å². The lowest BCUT2D eigenvalue weighted by Crippen LogP contribution is -2.42. The molecule has 0 aromatic heterocycles. The van der Waals surface area contributed by atoms with Crippen molar-refractivity contribution in [3.8, 4) is 0 Å². The second kappa shape index (κ2) is 6.82. The summed E-state index contributed by atoms with van der Waals surface area (Å²) in [5.74, 6) is 0. The molecule has 1 fully saturated rings. The Morgan fingerprint density at radius 1 is 1.41 bits per heavy atom. The highest BCUT2D eigenvalue weighted by Crippen LogP contribution is 2.12. The van der Waals surface area contributed by atoms with Crippen LogP contribution in [0.3, 0.4) is 0 Å². The second-order valence-electron chi connectivity index (χ2n) is 4.49. The predicted octanol–water partition coefficient (Wildman–Crippen LogP) is -0.185. The van der Waals surface area contributed by atoms with Crippen molar-refractivity contribution in [2.75, 3.05) is 25.9 Å². The van der Waals surface area contributed by atoms with Crippen LogP contribution in [0.1, 0.15) is 26.2 Å². The van der Waals surface area contributed by atoms with E-state index in [1.165, 1.54) is 0 Å². The van der Waals surface area contributed by atoms with Gasteiger partial charge in [0.1, 0.15) is 0 Å². The summed E-state index contributed by atoms with van der Waals surface area (Å²) in [6.07, 6.45) is 3.61. The number of hydrogen-bond donors (Lipinski definition) is 2. The summed E-state index contributed by atoms with van der Waals surface area (Å²) in [5.41, 5.74) is 0. The quantitative estimate of drug-likeness (QED) is 0.708. The summed E-state index contributed by atoms with van der Waals surface area (Å²) in [6.45, 7) is 3.78. The summed E-state index contributed by atoms with van der Waals surface area (Å²) in [6, 6.07) is 0. The summed E-state index contributed by atoms with van der Waals surface area (Å²) in [4.78, 5) is 0. The van der Waals surface area contributed by atoms with E-state index in [2.05, 4.69) is 10.0 Å². The maximum atomic E-state index is 11.9. The minimum Gasteiger partial charge on any atom is -0.317 e. The van der Waals surface area contributed by atoms with Gasteiger partial charge in [0, 0.05) is 28.9 Å². The van der Waals surface area contributed by atoms with Crippen LogP contribution in [0, 0.1) is 0 Å². The molecule has 7 heteroatoms. The van der Waals surface area contributed by atoms with Crippen LogP contribution in [-0.4, -0.2) is 49.0 Å². The third-order valence-corrected chi connectivity index (χ3v) is 6.47. The average molecular weight is 282 g/mol. The molecule has 1 heterocycles. The molecule has 1 saturated heterocycles. The fourth-order valence-electron chi connectivity index (χ4n) is 1.79. The van der Waals surface area contributed by atoms with Crippen molar-refractivity contribution < 1.29 is 12.6 Å². The molecule has 17 heavy (non-hydrogen) atoms. The van der Waals surface area contributed by atoms with E-state index in [1.807, 2.05) is 6.92 Å². The van der Waals surface area contributed by atoms with Crippen molar-refractivity contribution >= 4 is 20.8 Å². The van der Waals surface area contributed by atoms with Gasteiger partial charge >= 0.3 is 0 Å². The van der Waals surface area contributed by atoms with Crippen molar-refractivity contribution in [2.45, 2.75) is 36.7 Å². The number of rotatable bonds is 6. The van der Waals surface area contributed by atoms with Crippen molar-refractivity contribution in [1.29, 1.82) is 0 Å². The number of hydrogen-bond acceptors (Lipinski definition) is 4. The van der Waals surface area contributed by atoms with Gasteiger partial charge in [-0.25, -0.2) is 13.1 Å². The molecule has 102 valence electrons. The Morgan fingerprint density at radius 2 is 2.00 bits per heavy atom. The molecule has 1 aliphatic heterocycles. The zero-order valence-electron chi connectivity index (χ0n) is 10.4. The standard InChI is InChI=1S/C10H22N2O3S2/c1-9(16(2)13)3-8-12-17(14,15)10-4-6-11-7-5-10/h9-12H,3-8H2,1-2H3. The first-order chi connectivity index (χ1) is 7.93. The van der Waals surface area contributed by atoms with Gasteiger partial charge in [-0.15, -0.1) is 0 Å². The number of piperidine rings is 1. The summed E-state index contributed by atoms with van der Waals surface area (Å²) < 4.78 is 37.6. The largest absolute Gasteiger partial charge is 0.317 e. The van der Waals surface area contributed by atoms with Crippen LogP contribution in [0.5, 0.6) is 0 Å². The van der Waals surface area contributed by atoms with Crippen LogP contribution < -0.4 is 10.0 Å². The van der Waals surface area contributed by atoms with E-state index < -0.39 is 20.8 Å². The van der Waals surface area contributed by atoms with Gasteiger partial charge in [-0.05, 0) is 32.4 Å². The molecule has 0 aromatic rings. The van der Waals surface area contributed by atoms with E-state index in [4.69, 9.17) is 0 Å². The molecule has 2 N–H and O–H groups in total. The third-order valence-electron chi connectivity index (χ3n) is 3.15. The molecule has 1 aliphatic rings. The molecule has 0 aromatic carbocycles. The van der Waals surface area contributed by atoms with Gasteiger partial charge in [0.15, 0.2) is 0 Å². The predicted molar refractivity (Wildman–Crippen MR) is 71.0 cm³/mol. The van der Waals surface area contributed by atoms with Crippen LogP contribution in [0.15, 0.2) is 0 Å². The van der Waals surface area contributed by atoms with Gasteiger partial charge in [-0.2, -0.15) is 0 Å². The Kier molecular flexibility index (Phi) is 6.05. The van der Waals surface area contributed by atoms with E-state index in [0.29, 0.717) is 25.8 Å². The first-order valence-corrected chi connectivity index (χ1v) is 9.11. The molecular weight excluding hydrogens is 260 g/mol. The van der Waals surface area contributed by atoms with Crippen LogP contribution >= 0.6 is 0 Å². The highest BCUT2D eigenvalue weighted by Gasteiger charge is 2.26. The fraction of sp³-hybridized carbons (Fsp3) is 1.00. The van der Waals surface area contributed by atoms with Crippen LogP contribution in [0.4, 0.5) is 0 Å². The minimum atomic E-state index is -3.19. The minimum absolute atomic E-state index is 0.0331. The molecule has 0 radical (unpaired) electrons. The van der Waals surface area contributed by atoms with E-state index in [0.717, 1.165) is 13.1 Å². The number of sulfonamides is 1. The second-order valence-corrected chi connectivity index (χ2v) is 8.33. The molecule has 1 rings (SSSR count). The Balaban J connectivity index is 2.36. The van der Waals surface area contributed by atoms with Crippen molar-refractivity contribution in [2.24, 2.45) is 0 Å². The van der Waals surface area contributed by atoms with Crippen molar-refractivity contribution in [3.63, 3.8) is 0 Å². The van der Waals surface area contributed by atoms with Crippen LogP contribution in [-0.2, 0) is 20.8 Å². The Hall–Kier alpha value is 0.0200. The van der Waals surface area contributed by atoms with Gasteiger partial charge in [-0.1, -0.05) is 6.92 Å². The molecule has 0 bridgehead atoms. The monoisotopic (exact) mass is 282 g/mol. The maximum Gasteiger partial charge on any atom is 0.214 e. The summed E-state index contributed by atoms with van der Waals surface area (Å²) in [7, 11) is -4.08. The SMILES string of the molecule is CC(CCNS(=O)(=O)C1CCNCC1)S(C)=O. The molecule has 0 saturated carbocycles. The maximum absolute atomic E-state index is 11.9. The first kappa shape index (κ1) is 15.1. The molecule has 0 spiro atoms. The van der Waals surface area contributed by atoms with E-state index in [-0.39, 0.29) is 10.5 Å². The Bertz CT molecular complexity index is 351. The van der Waals surface area contributed by atoms with E-state index in [9.17, 15) is 12.6 Å². The van der Waals surface area contributed by atoms with Gasteiger partial charge in [0.05, 0.1) is 5.25 Å². The van der Waals surface area contributed by atoms with Crippen LogP contribution in [0.2, 0.25) is 0 Å². The lowest BCUT2D eigenvalue weighted by Gasteiger charge is -2.23. The normalized spacial score (nSPS) is 22.2. The third kappa shape index (κ3) is 5.03. The highest BCUT2D eigenvalue weighted by atomic mass is 32.2. The smallest absolute Gasteiger partial charge is 0.214 e. The number of nitrogens with one attached hydrogen (secondary N) is 2. The molecule has 2 atom stereocenters. The average Bonchev–Trinajstić information content (AvgIpc) is 2.29. The summed E-state index contributed by atoms with van der Waals surface area (Å²) >= 11 is 0. The fourth-order valence-corrected chi connectivity index (χ4v) is 3.74. The van der Waals surface area contributed by atoms with Gasteiger partial charge < -0.3 is 5.32 Å². The summed E-state index contributed by atoms with van der Waals surface area (Å²) in [5, 5.41) is 2.90. The molecule has 0 aliphatic carbocycles. The van der Waals surface area contributed by atoms with Gasteiger partial charge in [0.25, 0.3) is 0 Å².